The summed E-state index contributed by atoms with van der Waals surface area (Å²) in [6.07, 6.45) is 4.90. The molecule has 1 saturated heterocycles. The van der Waals surface area contributed by atoms with Crippen molar-refractivity contribution in [3.8, 4) is 0 Å². The molecule has 2 aliphatic heterocycles. The molecule has 1 N–H and O–H groups in total. The fourth-order valence-electron chi connectivity index (χ4n) is 5.86. The van der Waals surface area contributed by atoms with Crippen LogP contribution in [0.3, 0.4) is 0 Å². The fraction of sp³-hybridized carbons (Fsp3) is 0.355. The van der Waals surface area contributed by atoms with Crippen LogP contribution in [-0.2, 0) is 16.0 Å². The third kappa shape index (κ3) is 5.54. The molecule has 194 valence electrons. The number of aliphatic carboxylic acids is 1. The van der Waals surface area contributed by atoms with E-state index in [1.807, 2.05) is 42.5 Å². The molecular formula is C31H34IN2O3-. The first-order chi connectivity index (χ1) is 18.1. The summed E-state index contributed by atoms with van der Waals surface area (Å²) >= 11 is -0.0381. The van der Waals surface area contributed by atoms with E-state index in [2.05, 4.69) is 46.2 Å². The molecule has 6 heteroatoms. The number of halogens is 1. The van der Waals surface area contributed by atoms with Gasteiger partial charge in [-0.1, -0.05) is 24.6 Å². The number of aryl methyl sites for hydroxylation is 1. The van der Waals surface area contributed by atoms with E-state index in [1.54, 1.807) is 4.90 Å². The Labute approximate surface area is 229 Å². The van der Waals surface area contributed by atoms with E-state index < -0.39 is 17.9 Å². The van der Waals surface area contributed by atoms with Gasteiger partial charge in [-0.25, -0.2) is 0 Å². The number of hydrogen-bond donors (Lipinski definition) is 1. The molecule has 0 spiro atoms. The zero-order valence-electron chi connectivity index (χ0n) is 21.2. The molecule has 3 aromatic rings. The summed E-state index contributed by atoms with van der Waals surface area (Å²) in [5.41, 5.74) is 4.33. The normalized spacial score (nSPS) is 20.7. The van der Waals surface area contributed by atoms with Gasteiger partial charge in [0.1, 0.15) is 0 Å². The molecule has 5 nitrogen and oxygen atoms in total. The van der Waals surface area contributed by atoms with Crippen molar-refractivity contribution in [3.63, 3.8) is 0 Å². The summed E-state index contributed by atoms with van der Waals surface area (Å²) in [4.78, 5) is 33.0. The third-order valence-electron chi connectivity index (χ3n) is 7.74. The van der Waals surface area contributed by atoms with Crippen LogP contribution in [0.15, 0.2) is 78.9 Å². The van der Waals surface area contributed by atoms with Crippen molar-refractivity contribution in [1.82, 2.24) is 4.90 Å². The Morgan fingerprint density at radius 3 is 2.32 bits per heavy atom. The molecular weight excluding hydrogens is 575 g/mol. The Morgan fingerprint density at radius 1 is 0.892 bits per heavy atom. The molecule has 1 fully saturated rings. The van der Waals surface area contributed by atoms with Gasteiger partial charge in [0.25, 0.3) is 0 Å². The number of carbonyl (C=O) groups is 2. The topological polar surface area (TPSA) is 60.9 Å². The van der Waals surface area contributed by atoms with Crippen molar-refractivity contribution in [2.45, 2.75) is 50.1 Å². The van der Waals surface area contributed by atoms with Crippen molar-refractivity contribution >= 4 is 17.6 Å². The Morgan fingerprint density at radius 2 is 1.59 bits per heavy atom. The number of amides is 1. The van der Waals surface area contributed by atoms with Crippen LogP contribution in [0.25, 0.3) is 0 Å². The van der Waals surface area contributed by atoms with Gasteiger partial charge in [0.05, 0.1) is 0 Å². The molecule has 0 saturated carbocycles. The molecule has 2 aliphatic rings. The van der Waals surface area contributed by atoms with Crippen LogP contribution in [0.4, 0.5) is 5.69 Å². The molecule has 0 aliphatic carbocycles. The zero-order valence-corrected chi connectivity index (χ0v) is 23.4. The second-order valence-corrected chi connectivity index (χ2v) is 12.3. The number of para-hydroxylation sites is 1. The fourth-order valence-corrected chi connectivity index (χ4v) is 6.94. The number of carbonyl (C=O) groups excluding carboxylic acids is 1. The Kier molecular flexibility index (Phi) is 8.13. The number of anilines is 1. The van der Waals surface area contributed by atoms with E-state index in [-0.39, 0.29) is 33.2 Å². The van der Waals surface area contributed by atoms with Gasteiger partial charge >= 0.3 is 193 Å². The maximum atomic E-state index is 14.3. The van der Waals surface area contributed by atoms with E-state index in [1.165, 1.54) is 21.2 Å². The first-order valence-corrected chi connectivity index (χ1v) is 16.3. The van der Waals surface area contributed by atoms with Crippen LogP contribution >= 0.6 is 0 Å². The third-order valence-corrected chi connectivity index (χ3v) is 9.70. The van der Waals surface area contributed by atoms with E-state index >= 15 is 0 Å². The molecule has 0 aromatic heterocycles. The van der Waals surface area contributed by atoms with Crippen molar-refractivity contribution < 1.29 is 35.9 Å². The number of benzene rings is 3. The molecule has 0 radical (unpaired) electrons. The van der Waals surface area contributed by atoms with E-state index in [4.69, 9.17) is 0 Å². The van der Waals surface area contributed by atoms with E-state index in [0.29, 0.717) is 13.0 Å². The summed E-state index contributed by atoms with van der Waals surface area (Å²) < 4.78 is 1.32. The monoisotopic (exact) mass is 609 g/mol. The molecule has 3 atom stereocenters. The minimum atomic E-state index is -0.922. The number of carboxylic acids is 1. The quantitative estimate of drug-likeness (QED) is 0.344. The van der Waals surface area contributed by atoms with Gasteiger partial charge < -0.3 is 0 Å². The van der Waals surface area contributed by atoms with Crippen molar-refractivity contribution in [2.24, 2.45) is 0 Å². The number of likely N-dealkylation sites (tertiary alicyclic amines) is 1. The Bertz CT molecular complexity index is 1230. The number of hydrogen-bond acceptors (Lipinski definition) is 3. The van der Waals surface area contributed by atoms with Gasteiger partial charge in [0, 0.05) is 0 Å². The van der Waals surface area contributed by atoms with Crippen molar-refractivity contribution in [2.75, 3.05) is 22.9 Å². The predicted octanol–water partition coefficient (Wildman–Crippen LogP) is 1.99. The number of rotatable bonds is 6. The first-order valence-electron chi connectivity index (χ1n) is 13.1. The van der Waals surface area contributed by atoms with Gasteiger partial charge in [-0.3, -0.25) is 0 Å². The predicted molar refractivity (Wildman–Crippen MR) is 142 cm³/mol. The van der Waals surface area contributed by atoms with Gasteiger partial charge in [0.15, 0.2) is 0 Å². The van der Waals surface area contributed by atoms with Gasteiger partial charge in [-0.2, -0.15) is 0 Å². The number of nitrogens with zero attached hydrogens (tertiary/aromatic N) is 2. The van der Waals surface area contributed by atoms with Crippen LogP contribution < -0.4 is 26.1 Å². The number of fused-ring (bicyclic) bond motifs is 1. The minimum absolute atomic E-state index is 0.0204. The van der Waals surface area contributed by atoms with Gasteiger partial charge in [-0.05, 0) is 12.8 Å². The summed E-state index contributed by atoms with van der Waals surface area (Å²) in [7, 11) is 0. The summed E-state index contributed by atoms with van der Waals surface area (Å²) in [6, 6.07) is 25.7. The Hall–Kier alpha value is -2.87. The first kappa shape index (κ1) is 25.8. The Balaban J connectivity index is 1.49. The second kappa shape index (κ2) is 11.7. The molecule has 2 heterocycles. The zero-order chi connectivity index (χ0) is 25.8. The maximum absolute atomic E-state index is 14.3. The average Bonchev–Trinajstić information content (AvgIpc) is 3.36. The molecule has 0 bridgehead atoms. The van der Waals surface area contributed by atoms with Crippen LogP contribution in [0.5, 0.6) is 0 Å². The summed E-state index contributed by atoms with van der Waals surface area (Å²) in [5.74, 6) is -1.57. The second-order valence-electron chi connectivity index (χ2n) is 9.95. The van der Waals surface area contributed by atoms with Gasteiger partial charge in [-0.15, -0.1) is 0 Å². The standard InChI is InChI=1S/C31H34IN2O3/c1-32-25-17-15-24(16-18-25)29(23-12-4-2-5-13-23)30(35)34-21-26(20-28(34)31(36)37)33-19-9-3-6-10-22-11-7-8-14-27(22)33/h2,4-5,7-8,11-18,26,28-29H,3,6,9-10,19-21H2,1H3,(H,36,37)/q-1/t26?,28-,29?/m0/s1. The van der Waals surface area contributed by atoms with Crippen LogP contribution in [0.2, 0.25) is 0 Å². The molecule has 3 aromatic carbocycles. The molecule has 37 heavy (non-hydrogen) atoms. The number of alkyl halides is 1. The van der Waals surface area contributed by atoms with E-state index in [0.717, 1.165) is 36.9 Å². The van der Waals surface area contributed by atoms with Crippen molar-refractivity contribution in [1.29, 1.82) is 0 Å². The SMILES string of the molecule is C[I-]c1ccc(C(C(=O)N2CC(N3CCCCCc4ccccc43)C[C@H]2C(=O)O)c2ccccc2)cc1. The number of carboxylic acid groups (broad SMARTS) is 1. The van der Waals surface area contributed by atoms with Gasteiger partial charge in [0.2, 0.25) is 0 Å². The average molecular weight is 610 g/mol. The molecule has 5 rings (SSSR count). The molecule has 2 unspecified atom stereocenters. The van der Waals surface area contributed by atoms with Crippen molar-refractivity contribution in [3.05, 3.63) is 99.1 Å². The molecule has 1 amide bonds. The van der Waals surface area contributed by atoms with Crippen LogP contribution in [-0.4, -0.2) is 52.0 Å². The summed E-state index contributed by atoms with van der Waals surface area (Å²) in [6.45, 7) is 1.31. The van der Waals surface area contributed by atoms with Crippen LogP contribution in [0.1, 0.15) is 48.3 Å². The van der Waals surface area contributed by atoms with Crippen LogP contribution in [0, 0.1) is 3.57 Å². The summed E-state index contributed by atoms with van der Waals surface area (Å²) in [5, 5.41) is 10.2. The van der Waals surface area contributed by atoms with E-state index in [9.17, 15) is 14.7 Å².